The van der Waals surface area contributed by atoms with E-state index in [4.69, 9.17) is 14.2 Å². The number of rotatable bonds is 10. The predicted octanol–water partition coefficient (Wildman–Crippen LogP) is 6.52. The summed E-state index contributed by atoms with van der Waals surface area (Å²) in [5.74, 6) is 1.80. The van der Waals surface area contributed by atoms with E-state index in [0.29, 0.717) is 19.0 Å². The number of hydrogen-bond acceptors (Lipinski definition) is 5. The van der Waals surface area contributed by atoms with Crippen LogP contribution in [-0.4, -0.2) is 57.5 Å². The molecule has 35 heavy (non-hydrogen) atoms. The lowest BCUT2D eigenvalue weighted by molar-refractivity contribution is 0.142. The molecule has 0 spiro atoms. The zero-order chi connectivity index (χ0) is 24.8. The molecule has 0 saturated carbocycles. The summed E-state index contributed by atoms with van der Waals surface area (Å²) < 4.78 is 18.6. The van der Waals surface area contributed by atoms with Crippen LogP contribution < -0.4 is 9.47 Å². The van der Waals surface area contributed by atoms with Crippen LogP contribution in [0.15, 0.2) is 48.0 Å². The van der Waals surface area contributed by atoms with E-state index < -0.39 is 8.07 Å². The lowest BCUT2D eigenvalue weighted by Gasteiger charge is -2.31. The van der Waals surface area contributed by atoms with Crippen molar-refractivity contribution < 1.29 is 19.3 Å². The Morgan fingerprint density at radius 2 is 1.74 bits per heavy atom. The molecule has 2 aromatic rings. The van der Waals surface area contributed by atoms with E-state index in [2.05, 4.69) is 43.6 Å². The van der Waals surface area contributed by atoms with Crippen molar-refractivity contribution in [2.45, 2.75) is 58.0 Å². The summed E-state index contributed by atoms with van der Waals surface area (Å²) in [6, 6.07) is 14.7. The molecule has 0 bridgehead atoms. The highest BCUT2D eigenvalue weighted by molar-refractivity contribution is 6.76. The Kier molecular flexibility index (Phi) is 8.58. The van der Waals surface area contributed by atoms with Gasteiger partial charge >= 0.3 is 0 Å². The quantitative estimate of drug-likeness (QED) is 0.300. The maximum absolute atomic E-state index is 10.0. The molecule has 0 radical (unpaired) electrons. The summed E-state index contributed by atoms with van der Waals surface area (Å²) in [6.07, 6.45) is 3.70. The van der Waals surface area contributed by atoms with Gasteiger partial charge in [0.15, 0.2) is 0 Å². The van der Waals surface area contributed by atoms with Crippen molar-refractivity contribution in [2.24, 2.45) is 0 Å². The zero-order valence-electron chi connectivity index (χ0n) is 21.8. The third-order valence-electron chi connectivity index (χ3n) is 6.97. The highest BCUT2D eigenvalue weighted by Gasteiger charge is 2.29. The van der Waals surface area contributed by atoms with E-state index >= 15 is 0 Å². The first-order valence-corrected chi connectivity index (χ1v) is 16.7. The fourth-order valence-corrected chi connectivity index (χ4v) is 5.47. The van der Waals surface area contributed by atoms with Gasteiger partial charge in [-0.25, -0.2) is 0 Å². The second-order valence-electron chi connectivity index (χ2n) is 11.0. The molecule has 5 nitrogen and oxygen atoms in total. The molecule has 1 atom stereocenters. The first-order chi connectivity index (χ1) is 16.8. The molecule has 2 aliphatic rings. The molecular weight excluding hydrogens is 454 g/mol. The smallest absolute Gasteiger partial charge is 0.148 e. The highest BCUT2D eigenvalue weighted by atomic mass is 28.3. The lowest BCUT2D eigenvalue weighted by Crippen LogP contribution is -2.33. The van der Waals surface area contributed by atoms with E-state index in [1.54, 1.807) is 12.1 Å². The van der Waals surface area contributed by atoms with E-state index in [-0.39, 0.29) is 11.9 Å². The number of piperidine rings is 1. The Labute approximate surface area is 211 Å². The molecule has 0 aliphatic carbocycles. The van der Waals surface area contributed by atoms with Crippen molar-refractivity contribution in [3.8, 4) is 17.2 Å². The number of phenolic OH excluding ortho intramolecular Hbond substituents is 1. The van der Waals surface area contributed by atoms with Crippen LogP contribution in [0.5, 0.6) is 17.2 Å². The van der Waals surface area contributed by atoms with Crippen LogP contribution in [-0.2, 0) is 4.74 Å². The van der Waals surface area contributed by atoms with Crippen LogP contribution in [0.4, 0.5) is 0 Å². The van der Waals surface area contributed by atoms with Gasteiger partial charge in [-0.3, -0.25) is 4.90 Å². The Hall–Kier alpha value is -2.28. The van der Waals surface area contributed by atoms with Crippen molar-refractivity contribution in [3.63, 3.8) is 0 Å². The van der Waals surface area contributed by atoms with Crippen LogP contribution in [0.1, 0.15) is 43.4 Å². The highest BCUT2D eigenvalue weighted by Crippen LogP contribution is 2.43. The number of likely N-dealkylation sites (tertiary alicyclic amines) is 1. The molecule has 2 aromatic carbocycles. The maximum Gasteiger partial charge on any atom is 0.148 e. The largest absolute Gasteiger partial charge is 0.508 e. The third-order valence-corrected chi connectivity index (χ3v) is 8.68. The standard InChI is InChI=1S/C29H41NO4Si/c1-22-26-13-10-24(31)20-28(26)34-29(27(22)21-32-18-19-35(2,3)4)23-8-11-25(12-9-23)33-17-16-30-14-6-5-7-15-30/h8-13,20,29,31H,5-7,14-19,21H2,1-4H3/t29-/m0/s1. The van der Waals surface area contributed by atoms with E-state index in [1.807, 2.05) is 18.2 Å². The molecule has 1 fully saturated rings. The molecule has 0 aromatic heterocycles. The fourth-order valence-electron chi connectivity index (χ4n) is 4.71. The Balaban J connectivity index is 1.45. The SMILES string of the molecule is CC1=C(COCC[Si](C)(C)C)[C@H](c2ccc(OCCN3CCCCC3)cc2)Oc2cc(O)ccc21. The minimum atomic E-state index is -1.15. The van der Waals surface area contributed by atoms with Crippen molar-refractivity contribution >= 4 is 13.6 Å². The number of fused-ring (bicyclic) bond motifs is 1. The van der Waals surface area contributed by atoms with Crippen LogP contribution in [0.3, 0.4) is 0 Å². The Morgan fingerprint density at radius 1 is 1.00 bits per heavy atom. The normalized spacial score (nSPS) is 18.8. The molecular formula is C29H41NO4Si. The average molecular weight is 496 g/mol. The average Bonchev–Trinajstić information content (AvgIpc) is 2.83. The Morgan fingerprint density at radius 3 is 2.46 bits per heavy atom. The Bertz CT molecular complexity index is 1010. The molecule has 1 N–H and O–H groups in total. The van der Waals surface area contributed by atoms with Gasteiger partial charge in [0.1, 0.15) is 30.0 Å². The number of phenols is 1. The van der Waals surface area contributed by atoms with Crippen molar-refractivity contribution in [1.82, 2.24) is 4.90 Å². The zero-order valence-corrected chi connectivity index (χ0v) is 22.8. The first-order valence-electron chi connectivity index (χ1n) is 13.0. The molecule has 0 amide bonds. The number of benzene rings is 2. The minimum Gasteiger partial charge on any atom is -0.508 e. The summed E-state index contributed by atoms with van der Waals surface area (Å²) in [6.45, 7) is 14.6. The number of allylic oxidation sites excluding steroid dienone is 1. The van der Waals surface area contributed by atoms with Crippen LogP contribution in [0.2, 0.25) is 25.7 Å². The van der Waals surface area contributed by atoms with Gasteiger partial charge in [0, 0.05) is 38.4 Å². The van der Waals surface area contributed by atoms with Crippen LogP contribution >= 0.6 is 0 Å². The molecule has 4 rings (SSSR count). The third kappa shape index (κ3) is 7.12. The van der Waals surface area contributed by atoms with Gasteiger partial charge in [-0.2, -0.15) is 0 Å². The summed E-state index contributed by atoms with van der Waals surface area (Å²) in [5.41, 5.74) is 4.37. The van der Waals surface area contributed by atoms with Crippen LogP contribution in [0, 0.1) is 0 Å². The lowest BCUT2D eigenvalue weighted by atomic mass is 9.90. The number of hydrogen-bond donors (Lipinski definition) is 1. The second kappa shape index (κ2) is 11.6. The van der Waals surface area contributed by atoms with E-state index in [1.165, 1.54) is 32.4 Å². The monoisotopic (exact) mass is 495 g/mol. The number of nitrogens with zero attached hydrogens (tertiary/aromatic N) is 1. The summed E-state index contributed by atoms with van der Waals surface area (Å²) in [4.78, 5) is 2.49. The number of ether oxygens (including phenoxy) is 3. The van der Waals surface area contributed by atoms with Gasteiger partial charge in [-0.1, -0.05) is 38.2 Å². The molecule has 1 saturated heterocycles. The van der Waals surface area contributed by atoms with Crippen molar-refractivity contribution in [1.29, 1.82) is 0 Å². The summed E-state index contributed by atoms with van der Waals surface area (Å²) in [5, 5.41) is 10.0. The molecule has 0 unspecified atom stereocenters. The van der Waals surface area contributed by atoms with Gasteiger partial charge in [0.2, 0.25) is 0 Å². The predicted molar refractivity (Wildman–Crippen MR) is 145 cm³/mol. The van der Waals surface area contributed by atoms with Crippen molar-refractivity contribution in [3.05, 3.63) is 59.2 Å². The number of aromatic hydroxyl groups is 1. The van der Waals surface area contributed by atoms with Gasteiger partial charge in [0.25, 0.3) is 0 Å². The van der Waals surface area contributed by atoms with Crippen molar-refractivity contribution in [2.75, 3.05) is 39.5 Å². The van der Waals surface area contributed by atoms with Crippen LogP contribution in [0.25, 0.3) is 5.57 Å². The molecule has 6 heteroatoms. The van der Waals surface area contributed by atoms with Gasteiger partial charge < -0.3 is 19.3 Å². The molecule has 190 valence electrons. The van der Waals surface area contributed by atoms with E-state index in [9.17, 15) is 5.11 Å². The van der Waals surface area contributed by atoms with E-state index in [0.717, 1.165) is 47.2 Å². The van der Waals surface area contributed by atoms with Gasteiger partial charge in [-0.15, -0.1) is 0 Å². The topological polar surface area (TPSA) is 51.2 Å². The molecule has 2 aliphatic heterocycles. The van der Waals surface area contributed by atoms with Gasteiger partial charge in [0.05, 0.1) is 6.61 Å². The minimum absolute atomic E-state index is 0.211. The summed E-state index contributed by atoms with van der Waals surface area (Å²) >= 11 is 0. The van der Waals surface area contributed by atoms with Gasteiger partial charge in [-0.05, 0) is 74.3 Å². The second-order valence-corrected chi connectivity index (χ2v) is 16.6. The fraction of sp³-hybridized carbons (Fsp3) is 0.517. The summed E-state index contributed by atoms with van der Waals surface area (Å²) in [7, 11) is -1.15. The maximum atomic E-state index is 10.0. The first kappa shape index (κ1) is 25.8. The molecule has 2 heterocycles.